The summed E-state index contributed by atoms with van der Waals surface area (Å²) in [6.45, 7) is 14.5. The Hall–Kier alpha value is -4.48. The van der Waals surface area contributed by atoms with Gasteiger partial charge >= 0.3 is 11.9 Å². The molecule has 12 nitrogen and oxygen atoms in total. The first kappa shape index (κ1) is 34.0. The van der Waals surface area contributed by atoms with Gasteiger partial charge in [-0.1, -0.05) is 33.8 Å². The number of anilines is 1. The Morgan fingerprint density at radius 3 is 1.91 bits per heavy atom. The van der Waals surface area contributed by atoms with E-state index >= 15 is 0 Å². The number of nitrogens with two attached hydrogens (primary N) is 1. The molecular weight excluding hydrogens is 568 g/mol. The van der Waals surface area contributed by atoms with Gasteiger partial charge in [-0.3, -0.25) is 14.4 Å². The van der Waals surface area contributed by atoms with Crippen LogP contribution in [0.3, 0.4) is 0 Å². The van der Waals surface area contributed by atoms with Crippen molar-refractivity contribution in [2.24, 2.45) is 11.8 Å². The summed E-state index contributed by atoms with van der Waals surface area (Å²) in [6.07, 6.45) is 0.625. The fraction of sp³-hybridized carbons (Fsp3) is 0.500. The van der Waals surface area contributed by atoms with E-state index < -0.39 is 41.3 Å². The minimum atomic E-state index is -1.00. The van der Waals surface area contributed by atoms with Crippen LogP contribution in [0.15, 0.2) is 21.3 Å². The van der Waals surface area contributed by atoms with Crippen molar-refractivity contribution in [2.75, 3.05) is 18.9 Å². The van der Waals surface area contributed by atoms with Crippen molar-refractivity contribution in [3.8, 4) is 11.5 Å². The summed E-state index contributed by atoms with van der Waals surface area (Å²) in [6, 6.07) is 1.29. The first-order valence-electron chi connectivity index (χ1n) is 14.8. The van der Waals surface area contributed by atoms with Gasteiger partial charge in [0.2, 0.25) is 5.43 Å². The number of carbonyl (C=O) groups is 4. The highest BCUT2D eigenvalue weighted by Crippen LogP contribution is 2.34. The smallest absolute Gasteiger partial charge is 0.328 e. The van der Waals surface area contributed by atoms with Gasteiger partial charge in [0.25, 0.3) is 11.8 Å². The molecule has 0 fully saturated rings. The van der Waals surface area contributed by atoms with Crippen LogP contribution in [0.1, 0.15) is 86.2 Å². The molecule has 2 aliphatic rings. The van der Waals surface area contributed by atoms with E-state index in [1.165, 1.54) is 13.0 Å². The third-order valence-corrected chi connectivity index (χ3v) is 7.04. The van der Waals surface area contributed by atoms with Crippen molar-refractivity contribution in [1.29, 1.82) is 0 Å². The number of nitrogen functional groups attached to an aromatic ring is 1. The molecule has 238 valence electrons. The topological polar surface area (TPSA) is 180 Å². The third kappa shape index (κ3) is 7.35. The molecule has 0 saturated heterocycles. The highest BCUT2D eigenvalue weighted by Gasteiger charge is 2.32. The quantitative estimate of drug-likeness (QED) is 0.155. The van der Waals surface area contributed by atoms with Crippen LogP contribution in [-0.2, 0) is 19.1 Å². The van der Waals surface area contributed by atoms with Crippen molar-refractivity contribution in [3.05, 3.63) is 44.6 Å². The Morgan fingerprint density at radius 1 is 0.886 bits per heavy atom. The lowest BCUT2D eigenvalue weighted by Gasteiger charge is -2.22. The maximum absolute atomic E-state index is 13.7. The first-order chi connectivity index (χ1) is 20.7. The molecule has 0 bridgehead atoms. The Kier molecular flexibility index (Phi) is 11.1. The molecule has 44 heavy (non-hydrogen) atoms. The van der Waals surface area contributed by atoms with Gasteiger partial charge in [0.1, 0.15) is 23.3 Å². The number of aromatic nitrogens is 1. The number of nitrogens with one attached hydrogen (secondary N) is 2. The average Bonchev–Trinajstić information content (AvgIpc) is 2.94. The number of hydrogen-bond acceptors (Lipinski definition) is 10. The second-order valence-electron chi connectivity index (χ2n) is 11.6. The van der Waals surface area contributed by atoms with E-state index in [2.05, 4.69) is 15.6 Å². The highest BCUT2D eigenvalue weighted by molar-refractivity contribution is 6.09. The molecule has 2 unspecified atom stereocenters. The van der Waals surface area contributed by atoms with Crippen LogP contribution < -0.4 is 21.8 Å². The molecule has 0 aromatic heterocycles. The lowest BCUT2D eigenvalue weighted by atomic mass is 9.98. The molecule has 3 rings (SSSR count). The summed E-state index contributed by atoms with van der Waals surface area (Å²) in [5, 5.41) is 5.40. The van der Waals surface area contributed by atoms with Crippen LogP contribution in [0.25, 0.3) is 22.6 Å². The van der Waals surface area contributed by atoms with Gasteiger partial charge < -0.3 is 30.3 Å². The molecule has 1 aromatic rings. The van der Waals surface area contributed by atoms with Crippen LogP contribution in [0, 0.1) is 25.7 Å². The minimum Gasteiger partial charge on any atom is -0.464 e. The number of fused-ring (bicyclic) bond motifs is 2. The van der Waals surface area contributed by atoms with E-state index in [1.54, 1.807) is 26.8 Å². The summed E-state index contributed by atoms with van der Waals surface area (Å²) in [5.41, 5.74) is 6.00. The molecule has 0 spiro atoms. The molecular formula is C32H42N4O8. The normalized spacial score (nSPS) is 12.8. The molecule has 2 amide bonds. The van der Waals surface area contributed by atoms with Crippen molar-refractivity contribution in [1.82, 2.24) is 15.6 Å². The highest BCUT2D eigenvalue weighted by atomic mass is 16.5. The molecule has 12 heteroatoms. The summed E-state index contributed by atoms with van der Waals surface area (Å²) >= 11 is 0. The molecule has 1 aromatic carbocycles. The van der Waals surface area contributed by atoms with E-state index in [-0.39, 0.29) is 76.4 Å². The molecule has 1 aliphatic heterocycles. The van der Waals surface area contributed by atoms with E-state index in [1.807, 2.05) is 27.7 Å². The van der Waals surface area contributed by atoms with E-state index in [9.17, 15) is 24.0 Å². The molecule has 2 atom stereocenters. The van der Waals surface area contributed by atoms with E-state index in [0.29, 0.717) is 12.0 Å². The van der Waals surface area contributed by atoms with Gasteiger partial charge in [0, 0.05) is 5.56 Å². The van der Waals surface area contributed by atoms with Gasteiger partial charge in [-0.2, -0.15) is 0 Å². The number of hydrogen-bond donors (Lipinski definition) is 3. The largest absolute Gasteiger partial charge is 0.464 e. The Balaban J connectivity index is 2.22. The second-order valence-corrected chi connectivity index (χ2v) is 11.6. The predicted molar refractivity (Wildman–Crippen MR) is 165 cm³/mol. The summed E-state index contributed by atoms with van der Waals surface area (Å²) in [4.78, 5) is 70.4. The maximum Gasteiger partial charge on any atom is 0.328 e. The van der Waals surface area contributed by atoms with Crippen LogP contribution in [-0.4, -0.2) is 54.0 Å². The van der Waals surface area contributed by atoms with Crippen molar-refractivity contribution in [3.63, 3.8) is 0 Å². The Morgan fingerprint density at radius 2 is 1.41 bits per heavy atom. The van der Waals surface area contributed by atoms with Crippen LogP contribution in [0.5, 0.6) is 0 Å². The average molecular weight is 611 g/mol. The number of rotatable bonds is 12. The molecule has 0 radical (unpaired) electrons. The van der Waals surface area contributed by atoms with Crippen molar-refractivity contribution in [2.45, 2.75) is 80.3 Å². The first-order valence-corrected chi connectivity index (χ1v) is 14.8. The second kappa shape index (κ2) is 14.3. The molecule has 1 heterocycles. The fourth-order valence-electron chi connectivity index (χ4n) is 4.93. The van der Waals surface area contributed by atoms with Crippen LogP contribution in [0.4, 0.5) is 5.69 Å². The number of benzene rings is 2. The summed E-state index contributed by atoms with van der Waals surface area (Å²) < 4.78 is 16.5. The standard InChI is InChI=1S/C32H42N4O8/c1-9-42-31(40)20(13-15(3)4)34-29(38)19-12-11-17(7)27-24(19)36-25-22(23(33)26(37)18(8)28(25)44-27)30(39)35-21(14-16(5)6)32(41)43-10-2/h11-12,15-16,20-21H,9-10,13-14,33H2,1-8H3,(H,34,38)(H,35,39). The lowest BCUT2D eigenvalue weighted by molar-refractivity contribution is -0.146. The summed E-state index contributed by atoms with van der Waals surface area (Å²) in [5.74, 6) is -2.47. The van der Waals surface area contributed by atoms with Crippen molar-refractivity contribution >= 4 is 40.5 Å². The number of aryl methyl sites for hydroxylation is 1. The van der Waals surface area contributed by atoms with E-state index in [0.717, 1.165) is 0 Å². The molecule has 1 aliphatic carbocycles. The summed E-state index contributed by atoms with van der Waals surface area (Å²) in [7, 11) is 0. The monoisotopic (exact) mass is 610 g/mol. The zero-order valence-corrected chi connectivity index (χ0v) is 26.6. The number of nitrogens with zero attached hydrogens (tertiary/aromatic N) is 1. The Bertz CT molecular complexity index is 1590. The SMILES string of the molecule is CCOC(=O)C(CC(C)C)NC(=O)c1c2nc3c(C(=O)NC(CC(C)C)C(=O)OCC)ccc(C)c3oc-2c(C)c(=O)c1N. The van der Waals surface area contributed by atoms with Gasteiger partial charge in [-0.05, 0) is 64.0 Å². The third-order valence-electron chi connectivity index (χ3n) is 7.04. The van der Waals surface area contributed by atoms with Crippen LogP contribution >= 0.6 is 0 Å². The lowest BCUT2D eigenvalue weighted by Crippen LogP contribution is -2.43. The van der Waals surface area contributed by atoms with Gasteiger partial charge in [0.15, 0.2) is 11.3 Å². The number of ether oxygens (including phenoxy) is 2. The van der Waals surface area contributed by atoms with Crippen LogP contribution in [0.2, 0.25) is 0 Å². The van der Waals surface area contributed by atoms with Crippen molar-refractivity contribution < 1.29 is 33.1 Å². The molecule has 4 N–H and O–H groups in total. The van der Waals surface area contributed by atoms with Gasteiger partial charge in [0.05, 0.1) is 30.0 Å². The predicted octanol–water partition coefficient (Wildman–Crippen LogP) is 3.91. The fourth-order valence-corrected chi connectivity index (χ4v) is 4.93. The number of esters is 2. The van der Waals surface area contributed by atoms with Gasteiger partial charge in [-0.25, -0.2) is 14.6 Å². The zero-order valence-electron chi connectivity index (χ0n) is 26.6. The van der Waals surface area contributed by atoms with E-state index in [4.69, 9.17) is 19.6 Å². The zero-order chi connectivity index (χ0) is 32.9. The number of carbonyl (C=O) groups excluding carboxylic acids is 4. The Labute approximate surface area is 256 Å². The number of amides is 2. The molecule has 0 saturated carbocycles. The van der Waals surface area contributed by atoms with Gasteiger partial charge in [-0.15, -0.1) is 0 Å². The minimum absolute atomic E-state index is 0.0169. The maximum atomic E-state index is 13.7.